The van der Waals surface area contributed by atoms with E-state index in [1.165, 1.54) is 5.69 Å². The third-order valence-electron chi connectivity index (χ3n) is 6.66. The van der Waals surface area contributed by atoms with Crippen LogP contribution < -0.4 is 10.3 Å². The molecule has 0 atom stereocenters. The lowest BCUT2D eigenvalue weighted by molar-refractivity contribution is 0.0223. The smallest absolute Gasteiger partial charge is 0.410 e. The molecule has 1 aliphatic heterocycles. The SMILES string of the molecule is COc1ccc(-c2ccn(-c3ccc4c5c(n(C)c4c3)CCN(C(=O)OC(C)(C)C)C5)c(=O)c2)cc1. The lowest BCUT2D eigenvalue weighted by Crippen LogP contribution is -2.40. The van der Waals surface area contributed by atoms with E-state index in [0.717, 1.165) is 45.5 Å². The number of ether oxygens (including phenoxy) is 2. The fourth-order valence-electron chi connectivity index (χ4n) is 4.85. The van der Waals surface area contributed by atoms with Gasteiger partial charge in [0.1, 0.15) is 11.4 Å². The minimum absolute atomic E-state index is 0.0993. The summed E-state index contributed by atoms with van der Waals surface area (Å²) in [6.07, 6.45) is 2.28. The van der Waals surface area contributed by atoms with Crippen LogP contribution in [0, 0.1) is 0 Å². The summed E-state index contributed by atoms with van der Waals surface area (Å²) < 4.78 is 14.7. The number of aromatic nitrogens is 2. The van der Waals surface area contributed by atoms with Gasteiger partial charge in [0.05, 0.1) is 24.9 Å². The third kappa shape index (κ3) is 4.37. The highest BCUT2D eigenvalue weighted by molar-refractivity contribution is 5.88. The van der Waals surface area contributed by atoms with Gasteiger partial charge in [0.15, 0.2) is 0 Å². The molecule has 4 aromatic rings. The number of carbonyl (C=O) groups excluding carboxylic acids is 1. The Kier molecular flexibility index (Phi) is 5.86. The summed E-state index contributed by atoms with van der Waals surface area (Å²) in [4.78, 5) is 27.5. The second-order valence-corrected chi connectivity index (χ2v) is 10.2. The molecule has 1 aliphatic rings. The highest BCUT2D eigenvalue weighted by Gasteiger charge is 2.29. The van der Waals surface area contributed by atoms with Gasteiger partial charge in [-0.3, -0.25) is 9.36 Å². The molecule has 0 saturated carbocycles. The van der Waals surface area contributed by atoms with Gasteiger partial charge >= 0.3 is 6.09 Å². The average molecular weight is 486 g/mol. The molecule has 0 radical (unpaired) electrons. The predicted octanol–water partition coefficient (Wildman–Crippen LogP) is 5.30. The molecule has 2 aromatic heterocycles. The Labute approximate surface area is 210 Å². The first-order valence-electron chi connectivity index (χ1n) is 12.1. The summed E-state index contributed by atoms with van der Waals surface area (Å²) in [5, 5.41) is 1.09. The standard InChI is InChI=1S/C29H31N3O4/c1-29(2,3)36-28(34)31-14-13-25-24(18-31)23-11-8-21(17-26(23)30(25)4)32-15-12-20(16-27(32)33)19-6-9-22(35-5)10-7-19/h6-12,15-17H,13-14,18H2,1-5H3. The van der Waals surface area contributed by atoms with Crippen molar-refractivity contribution in [3.05, 3.63) is 82.4 Å². The molecule has 0 unspecified atom stereocenters. The fourth-order valence-corrected chi connectivity index (χ4v) is 4.85. The van der Waals surface area contributed by atoms with Crippen LogP contribution in [0.3, 0.4) is 0 Å². The first-order chi connectivity index (χ1) is 17.1. The Morgan fingerprint density at radius 2 is 1.72 bits per heavy atom. The molecule has 3 heterocycles. The van der Waals surface area contributed by atoms with Crippen molar-refractivity contribution in [3.63, 3.8) is 0 Å². The summed E-state index contributed by atoms with van der Waals surface area (Å²) in [5.74, 6) is 0.778. The van der Waals surface area contributed by atoms with Crippen molar-refractivity contribution in [2.75, 3.05) is 13.7 Å². The number of pyridine rings is 1. The van der Waals surface area contributed by atoms with Crippen LogP contribution in [0.1, 0.15) is 32.0 Å². The van der Waals surface area contributed by atoms with Crippen LogP contribution in [0.5, 0.6) is 5.75 Å². The number of carbonyl (C=O) groups is 1. The summed E-state index contributed by atoms with van der Waals surface area (Å²) >= 11 is 0. The molecule has 5 rings (SSSR count). The number of rotatable bonds is 3. The minimum atomic E-state index is -0.527. The maximum atomic E-state index is 13.1. The van der Waals surface area contributed by atoms with Gasteiger partial charge in [-0.25, -0.2) is 4.79 Å². The van der Waals surface area contributed by atoms with Crippen LogP contribution in [0.4, 0.5) is 4.79 Å². The van der Waals surface area contributed by atoms with Crippen LogP contribution >= 0.6 is 0 Å². The summed E-state index contributed by atoms with van der Waals surface area (Å²) in [6.45, 7) is 6.77. The van der Waals surface area contributed by atoms with Crippen molar-refractivity contribution in [1.82, 2.24) is 14.0 Å². The molecule has 0 fully saturated rings. The van der Waals surface area contributed by atoms with E-state index in [0.29, 0.717) is 13.1 Å². The maximum absolute atomic E-state index is 13.1. The Morgan fingerprint density at radius 1 is 0.972 bits per heavy atom. The molecule has 0 N–H and O–H groups in total. The Hall–Kier alpha value is -4.00. The lowest BCUT2D eigenvalue weighted by atomic mass is 10.0. The summed E-state index contributed by atoms with van der Waals surface area (Å²) in [5.41, 5.74) is 5.38. The number of hydrogen-bond donors (Lipinski definition) is 0. The topological polar surface area (TPSA) is 65.7 Å². The monoisotopic (exact) mass is 485 g/mol. The second kappa shape index (κ2) is 8.90. The van der Waals surface area contributed by atoms with E-state index in [-0.39, 0.29) is 11.7 Å². The van der Waals surface area contributed by atoms with Crippen molar-refractivity contribution in [3.8, 4) is 22.6 Å². The number of hydrogen-bond acceptors (Lipinski definition) is 4. The van der Waals surface area contributed by atoms with Crippen molar-refractivity contribution in [2.45, 2.75) is 39.3 Å². The van der Waals surface area contributed by atoms with Crippen LogP contribution in [-0.2, 0) is 24.8 Å². The molecular weight excluding hydrogens is 454 g/mol. The predicted molar refractivity (Wildman–Crippen MR) is 141 cm³/mol. The van der Waals surface area contributed by atoms with Crippen LogP contribution in [0.25, 0.3) is 27.7 Å². The van der Waals surface area contributed by atoms with Crippen molar-refractivity contribution in [1.29, 1.82) is 0 Å². The van der Waals surface area contributed by atoms with Gasteiger partial charge in [0, 0.05) is 48.9 Å². The Balaban J connectivity index is 1.46. The van der Waals surface area contributed by atoms with E-state index in [9.17, 15) is 9.59 Å². The normalized spacial score (nSPS) is 13.5. The van der Waals surface area contributed by atoms with E-state index in [1.807, 2.05) is 82.5 Å². The summed E-state index contributed by atoms with van der Waals surface area (Å²) in [6, 6.07) is 17.3. The van der Waals surface area contributed by atoms with E-state index in [1.54, 1.807) is 22.6 Å². The lowest BCUT2D eigenvalue weighted by Gasteiger charge is -2.30. The molecule has 36 heavy (non-hydrogen) atoms. The summed E-state index contributed by atoms with van der Waals surface area (Å²) in [7, 11) is 3.68. The van der Waals surface area contributed by atoms with Gasteiger partial charge in [-0.15, -0.1) is 0 Å². The third-order valence-corrected chi connectivity index (χ3v) is 6.66. The van der Waals surface area contributed by atoms with E-state index in [4.69, 9.17) is 9.47 Å². The van der Waals surface area contributed by atoms with Crippen molar-refractivity contribution < 1.29 is 14.3 Å². The van der Waals surface area contributed by atoms with Crippen molar-refractivity contribution in [2.24, 2.45) is 7.05 Å². The fraction of sp³-hybridized carbons (Fsp3) is 0.310. The Morgan fingerprint density at radius 3 is 2.39 bits per heavy atom. The highest BCUT2D eigenvalue weighted by Crippen LogP contribution is 2.32. The van der Waals surface area contributed by atoms with E-state index >= 15 is 0 Å². The first-order valence-corrected chi connectivity index (χ1v) is 12.1. The van der Waals surface area contributed by atoms with Gasteiger partial charge in [0.2, 0.25) is 0 Å². The van der Waals surface area contributed by atoms with Crippen LogP contribution in [0.2, 0.25) is 0 Å². The van der Waals surface area contributed by atoms with Gasteiger partial charge in [-0.05, 0) is 62.2 Å². The molecule has 0 spiro atoms. The number of nitrogens with zero attached hydrogens (tertiary/aromatic N) is 3. The molecule has 0 saturated heterocycles. The number of fused-ring (bicyclic) bond motifs is 3. The van der Waals surface area contributed by atoms with Gasteiger partial charge < -0.3 is 18.9 Å². The minimum Gasteiger partial charge on any atom is -0.497 e. The molecule has 2 aromatic carbocycles. The quantitative estimate of drug-likeness (QED) is 0.395. The van der Waals surface area contributed by atoms with Gasteiger partial charge in [0.25, 0.3) is 5.56 Å². The molecule has 7 nitrogen and oxygen atoms in total. The van der Waals surface area contributed by atoms with E-state index < -0.39 is 5.60 Å². The molecule has 7 heteroatoms. The van der Waals surface area contributed by atoms with Crippen molar-refractivity contribution >= 4 is 17.0 Å². The van der Waals surface area contributed by atoms with Gasteiger partial charge in [-0.1, -0.05) is 18.2 Å². The zero-order valence-electron chi connectivity index (χ0n) is 21.4. The first kappa shape index (κ1) is 23.7. The second-order valence-electron chi connectivity index (χ2n) is 10.2. The van der Waals surface area contributed by atoms with Crippen LogP contribution in [0.15, 0.2) is 65.6 Å². The zero-order chi connectivity index (χ0) is 25.6. The molecule has 0 aliphatic carbocycles. The van der Waals surface area contributed by atoms with E-state index in [2.05, 4.69) is 4.57 Å². The molecular formula is C29H31N3O4. The molecule has 0 bridgehead atoms. The number of benzene rings is 2. The number of aryl methyl sites for hydroxylation is 1. The number of amides is 1. The Bertz CT molecular complexity index is 1510. The largest absolute Gasteiger partial charge is 0.497 e. The molecule has 1 amide bonds. The average Bonchev–Trinajstić information content (AvgIpc) is 3.14. The number of methoxy groups -OCH3 is 1. The highest BCUT2D eigenvalue weighted by atomic mass is 16.6. The van der Waals surface area contributed by atoms with Crippen LogP contribution in [-0.4, -0.2) is 39.4 Å². The maximum Gasteiger partial charge on any atom is 0.410 e. The van der Waals surface area contributed by atoms with Gasteiger partial charge in [-0.2, -0.15) is 0 Å². The molecule has 186 valence electrons. The zero-order valence-corrected chi connectivity index (χ0v) is 21.4.